The number of hydrogen-bond acceptors (Lipinski definition) is 5. The molecule has 1 amide bonds. The van der Waals surface area contributed by atoms with Gasteiger partial charge in [-0.25, -0.2) is 4.98 Å². The predicted molar refractivity (Wildman–Crippen MR) is 128 cm³/mol. The zero-order valence-corrected chi connectivity index (χ0v) is 19.4. The minimum absolute atomic E-state index is 0.128. The van der Waals surface area contributed by atoms with Crippen LogP contribution in [0.1, 0.15) is 93.8 Å². The molecule has 0 aliphatic carbocycles. The van der Waals surface area contributed by atoms with E-state index < -0.39 is 0 Å². The number of nitrogen functional groups attached to an aromatic ring is 1. The number of anilines is 1. The summed E-state index contributed by atoms with van der Waals surface area (Å²) in [6.07, 6.45) is 18.0. The quantitative estimate of drug-likeness (QED) is 0.337. The van der Waals surface area contributed by atoms with Crippen LogP contribution in [-0.2, 0) is 0 Å². The third kappa shape index (κ3) is 11.0. The molecule has 1 fully saturated rings. The molecule has 2 heterocycles. The van der Waals surface area contributed by atoms with Gasteiger partial charge >= 0.3 is 0 Å². The van der Waals surface area contributed by atoms with E-state index in [4.69, 9.17) is 10.8 Å². The predicted octanol–water partition coefficient (Wildman–Crippen LogP) is 4.39. The lowest BCUT2D eigenvalue weighted by molar-refractivity contribution is 0.0953. The number of nitrogens with zero attached hydrogens (tertiary/aromatic N) is 2. The number of rotatable bonds is 16. The maximum absolute atomic E-state index is 12.0. The van der Waals surface area contributed by atoms with Crippen molar-refractivity contribution in [3.8, 4) is 0 Å². The topological polar surface area (TPSA) is 91.5 Å². The van der Waals surface area contributed by atoms with E-state index in [0.717, 1.165) is 25.2 Å². The Morgan fingerprint density at radius 1 is 1.03 bits per heavy atom. The van der Waals surface area contributed by atoms with Gasteiger partial charge in [-0.2, -0.15) is 0 Å². The number of aliphatic hydroxyl groups excluding tert-OH is 1. The first kappa shape index (κ1) is 25.6. The van der Waals surface area contributed by atoms with Gasteiger partial charge in [0.15, 0.2) is 0 Å². The van der Waals surface area contributed by atoms with E-state index in [-0.39, 0.29) is 5.91 Å². The number of aliphatic hydroxyl groups is 1. The minimum atomic E-state index is -0.128. The van der Waals surface area contributed by atoms with Crippen LogP contribution >= 0.6 is 0 Å². The lowest BCUT2D eigenvalue weighted by Gasteiger charge is -2.31. The molecule has 176 valence electrons. The number of unbranched alkanes of at least 4 members (excludes halogenated alkanes) is 9. The standard InChI is InChI=1S/C25H44N4O2/c26-24-23(12-11-17-27-24)25(31)28-16-9-7-5-3-1-2-4-6-8-10-18-29-19-13-22(14-20-29)15-21-30/h11-12,17,22,30H,1-10,13-16,18-21H2,(H2,26,27)(H,28,31). The highest BCUT2D eigenvalue weighted by atomic mass is 16.3. The van der Waals surface area contributed by atoms with Crippen LogP contribution in [0.15, 0.2) is 18.3 Å². The van der Waals surface area contributed by atoms with Crippen LogP contribution in [0.25, 0.3) is 0 Å². The molecule has 0 unspecified atom stereocenters. The Labute approximate surface area is 189 Å². The third-order valence-corrected chi connectivity index (χ3v) is 6.51. The van der Waals surface area contributed by atoms with Gasteiger partial charge in [0.05, 0.1) is 5.56 Å². The fourth-order valence-corrected chi connectivity index (χ4v) is 4.46. The molecule has 1 aromatic heterocycles. The third-order valence-electron chi connectivity index (χ3n) is 6.51. The number of piperidine rings is 1. The van der Waals surface area contributed by atoms with Crippen molar-refractivity contribution in [3.05, 3.63) is 23.9 Å². The first-order chi connectivity index (χ1) is 15.2. The Bertz CT molecular complexity index is 603. The van der Waals surface area contributed by atoms with Crippen LogP contribution in [-0.4, -0.2) is 53.7 Å². The van der Waals surface area contributed by atoms with Gasteiger partial charge in [0.25, 0.3) is 5.91 Å². The highest BCUT2D eigenvalue weighted by Crippen LogP contribution is 2.20. The summed E-state index contributed by atoms with van der Waals surface area (Å²) in [6.45, 7) is 4.77. The van der Waals surface area contributed by atoms with Crippen molar-refractivity contribution in [2.75, 3.05) is 38.5 Å². The summed E-state index contributed by atoms with van der Waals surface area (Å²) in [7, 11) is 0. The first-order valence-corrected chi connectivity index (χ1v) is 12.5. The largest absolute Gasteiger partial charge is 0.396 e. The average molecular weight is 433 g/mol. The minimum Gasteiger partial charge on any atom is -0.396 e. The Hall–Kier alpha value is -1.66. The Morgan fingerprint density at radius 2 is 1.65 bits per heavy atom. The van der Waals surface area contributed by atoms with Crippen LogP contribution in [0.4, 0.5) is 5.82 Å². The van der Waals surface area contributed by atoms with Gasteiger partial charge in [0.2, 0.25) is 0 Å². The summed E-state index contributed by atoms with van der Waals surface area (Å²) < 4.78 is 0. The summed E-state index contributed by atoms with van der Waals surface area (Å²) >= 11 is 0. The van der Waals surface area contributed by atoms with Crippen LogP contribution in [0.3, 0.4) is 0 Å². The molecule has 0 saturated carbocycles. The van der Waals surface area contributed by atoms with Crippen molar-refractivity contribution < 1.29 is 9.90 Å². The van der Waals surface area contributed by atoms with Gasteiger partial charge < -0.3 is 21.1 Å². The Morgan fingerprint density at radius 3 is 2.26 bits per heavy atom. The van der Waals surface area contributed by atoms with E-state index in [2.05, 4.69) is 15.2 Å². The zero-order valence-electron chi connectivity index (χ0n) is 19.4. The van der Waals surface area contributed by atoms with Gasteiger partial charge in [-0.3, -0.25) is 4.79 Å². The molecule has 6 heteroatoms. The normalized spacial score (nSPS) is 15.3. The number of carbonyl (C=O) groups excluding carboxylic acids is 1. The van der Waals surface area contributed by atoms with E-state index in [1.807, 2.05) is 0 Å². The van der Waals surface area contributed by atoms with Gasteiger partial charge in [0.1, 0.15) is 5.82 Å². The maximum Gasteiger partial charge on any atom is 0.255 e. The first-order valence-electron chi connectivity index (χ1n) is 12.5. The summed E-state index contributed by atoms with van der Waals surface area (Å²) in [5.74, 6) is 0.918. The zero-order chi connectivity index (χ0) is 22.2. The monoisotopic (exact) mass is 432 g/mol. The molecule has 31 heavy (non-hydrogen) atoms. The molecule has 0 spiro atoms. The van der Waals surface area contributed by atoms with Crippen LogP contribution in [0.5, 0.6) is 0 Å². The average Bonchev–Trinajstić information content (AvgIpc) is 2.78. The van der Waals surface area contributed by atoms with E-state index in [1.165, 1.54) is 83.8 Å². The van der Waals surface area contributed by atoms with Gasteiger partial charge in [-0.05, 0) is 69.8 Å². The van der Waals surface area contributed by atoms with Crippen LogP contribution in [0, 0.1) is 5.92 Å². The van der Waals surface area contributed by atoms with E-state index in [9.17, 15) is 4.79 Å². The van der Waals surface area contributed by atoms with Crippen molar-refractivity contribution >= 4 is 11.7 Å². The second-order valence-corrected chi connectivity index (χ2v) is 9.02. The number of pyridine rings is 1. The molecule has 1 aromatic rings. The molecular weight excluding hydrogens is 388 g/mol. The second kappa shape index (κ2) is 16.0. The smallest absolute Gasteiger partial charge is 0.255 e. The van der Waals surface area contributed by atoms with Crippen molar-refractivity contribution in [2.24, 2.45) is 5.92 Å². The molecule has 0 radical (unpaired) electrons. The van der Waals surface area contributed by atoms with Gasteiger partial charge in [-0.15, -0.1) is 0 Å². The number of nitrogens with two attached hydrogens (primary N) is 1. The van der Waals surface area contributed by atoms with Gasteiger partial charge in [0, 0.05) is 19.3 Å². The van der Waals surface area contributed by atoms with E-state index in [0.29, 0.717) is 24.5 Å². The fraction of sp³-hybridized carbons (Fsp3) is 0.760. The van der Waals surface area contributed by atoms with Gasteiger partial charge in [-0.1, -0.05) is 51.4 Å². The highest BCUT2D eigenvalue weighted by molar-refractivity contribution is 5.98. The SMILES string of the molecule is Nc1ncccc1C(=O)NCCCCCCCCCCCCN1CCC(CCO)CC1. The number of amides is 1. The summed E-state index contributed by atoms with van der Waals surface area (Å²) in [5, 5.41) is 12.0. The second-order valence-electron chi connectivity index (χ2n) is 9.02. The van der Waals surface area contributed by atoms with Crippen LogP contribution < -0.4 is 11.1 Å². The van der Waals surface area contributed by atoms with E-state index >= 15 is 0 Å². The number of carbonyl (C=O) groups is 1. The van der Waals surface area contributed by atoms with Crippen LogP contribution in [0.2, 0.25) is 0 Å². The molecule has 0 aromatic carbocycles. The summed E-state index contributed by atoms with van der Waals surface area (Å²) in [6, 6.07) is 3.44. The highest BCUT2D eigenvalue weighted by Gasteiger charge is 2.17. The molecule has 0 bridgehead atoms. The number of likely N-dealkylation sites (tertiary alicyclic amines) is 1. The van der Waals surface area contributed by atoms with Crippen molar-refractivity contribution in [1.29, 1.82) is 0 Å². The summed E-state index contributed by atoms with van der Waals surface area (Å²) in [5.41, 5.74) is 6.19. The number of hydrogen-bond donors (Lipinski definition) is 3. The van der Waals surface area contributed by atoms with Crippen molar-refractivity contribution in [3.63, 3.8) is 0 Å². The van der Waals surface area contributed by atoms with Crippen molar-refractivity contribution in [2.45, 2.75) is 83.5 Å². The van der Waals surface area contributed by atoms with E-state index in [1.54, 1.807) is 18.3 Å². The number of nitrogens with one attached hydrogen (secondary N) is 1. The molecule has 1 aliphatic rings. The molecule has 0 atom stereocenters. The maximum atomic E-state index is 12.0. The summed E-state index contributed by atoms with van der Waals surface area (Å²) in [4.78, 5) is 18.6. The molecule has 6 nitrogen and oxygen atoms in total. The molecular formula is C25H44N4O2. The lowest BCUT2D eigenvalue weighted by atomic mass is 9.94. The Kier molecular flexibility index (Phi) is 13.2. The molecule has 1 saturated heterocycles. The van der Waals surface area contributed by atoms with Crippen molar-refractivity contribution in [1.82, 2.24) is 15.2 Å². The Balaban J connectivity index is 1.32. The fourth-order valence-electron chi connectivity index (χ4n) is 4.46. The molecule has 4 N–H and O–H groups in total. The molecule has 2 rings (SSSR count). The number of aromatic nitrogens is 1. The lowest BCUT2D eigenvalue weighted by Crippen LogP contribution is -2.34. The molecule has 1 aliphatic heterocycles.